The summed E-state index contributed by atoms with van der Waals surface area (Å²) in [6, 6.07) is 7.28. The van der Waals surface area contributed by atoms with Gasteiger partial charge in [0.2, 0.25) is 11.8 Å². The average Bonchev–Trinajstić information content (AvgIpc) is 2.48. The number of thioether (sulfide) groups is 1. The van der Waals surface area contributed by atoms with Gasteiger partial charge < -0.3 is 10.2 Å². The van der Waals surface area contributed by atoms with E-state index in [0.29, 0.717) is 36.7 Å². The quantitative estimate of drug-likeness (QED) is 0.846. The van der Waals surface area contributed by atoms with Gasteiger partial charge in [0.1, 0.15) is 6.04 Å². The first kappa shape index (κ1) is 16.2. The molecule has 21 heavy (non-hydrogen) atoms. The van der Waals surface area contributed by atoms with E-state index in [1.807, 2.05) is 31.2 Å². The van der Waals surface area contributed by atoms with Crippen LogP contribution in [0.3, 0.4) is 0 Å². The molecule has 1 saturated heterocycles. The Balaban J connectivity index is 1.86. The monoisotopic (exact) mass is 326 g/mol. The van der Waals surface area contributed by atoms with Crippen molar-refractivity contribution in [3.05, 3.63) is 29.3 Å². The molecule has 1 aliphatic heterocycles. The molecule has 1 aliphatic rings. The molecule has 1 aromatic rings. The molecule has 1 unspecified atom stereocenters. The Kier molecular flexibility index (Phi) is 5.94. The van der Waals surface area contributed by atoms with Gasteiger partial charge in [-0.2, -0.15) is 0 Å². The van der Waals surface area contributed by atoms with Crippen molar-refractivity contribution in [2.75, 3.05) is 18.8 Å². The number of amides is 2. The summed E-state index contributed by atoms with van der Waals surface area (Å²) in [6.45, 7) is 3.06. The van der Waals surface area contributed by atoms with Crippen LogP contribution in [0.25, 0.3) is 0 Å². The fraction of sp³-hybridized carbons (Fsp3) is 0.467. The maximum absolute atomic E-state index is 12.3. The van der Waals surface area contributed by atoms with E-state index in [4.69, 9.17) is 11.6 Å². The number of halogens is 1. The second-order valence-corrected chi connectivity index (χ2v) is 6.38. The molecule has 0 spiro atoms. The van der Waals surface area contributed by atoms with E-state index < -0.39 is 0 Å². The molecule has 0 saturated carbocycles. The van der Waals surface area contributed by atoms with Crippen molar-refractivity contribution in [1.82, 2.24) is 10.2 Å². The number of piperazine rings is 1. The van der Waals surface area contributed by atoms with Crippen LogP contribution in [0.1, 0.15) is 19.8 Å². The standard InChI is InChI=1S/C15H19ClN2O2S/c1-2-12-15(20)17-8-9-18(12)14(19)7-10-21-13-6-4-3-5-11(13)16/h3-6,12H,2,7-10H2,1H3,(H,17,20). The molecule has 114 valence electrons. The maximum Gasteiger partial charge on any atom is 0.242 e. The van der Waals surface area contributed by atoms with Crippen molar-refractivity contribution in [3.63, 3.8) is 0 Å². The Morgan fingerprint density at radius 2 is 2.24 bits per heavy atom. The minimum atomic E-state index is -0.323. The van der Waals surface area contributed by atoms with E-state index in [2.05, 4.69) is 5.32 Å². The van der Waals surface area contributed by atoms with E-state index in [9.17, 15) is 9.59 Å². The Morgan fingerprint density at radius 3 is 2.95 bits per heavy atom. The first-order valence-electron chi connectivity index (χ1n) is 7.08. The lowest BCUT2D eigenvalue weighted by molar-refractivity contribution is -0.143. The van der Waals surface area contributed by atoms with Crippen LogP contribution >= 0.6 is 23.4 Å². The lowest BCUT2D eigenvalue weighted by Crippen LogP contribution is -2.56. The van der Waals surface area contributed by atoms with Crippen molar-refractivity contribution in [2.24, 2.45) is 0 Å². The number of rotatable bonds is 5. The molecule has 2 rings (SSSR count). The third kappa shape index (κ3) is 4.14. The number of hydrogen-bond donors (Lipinski definition) is 1. The van der Waals surface area contributed by atoms with E-state index in [-0.39, 0.29) is 17.9 Å². The van der Waals surface area contributed by atoms with E-state index in [1.54, 1.807) is 16.7 Å². The van der Waals surface area contributed by atoms with Gasteiger partial charge in [0.15, 0.2) is 0 Å². The summed E-state index contributed by atoms with van der Waals surface area (Å²) in [5.41, 5.74) is 0. The van der Waals surface area contributed by atoms with Crippen molar-refractivity contribution >= 4 is 35.2 Å². The number of carbonyl (C=O) groups excluding carboxylic acids is 2. The predicted octanol–water partition coefficient (Wildman–Crippen LogP) is 2.56. The van der Waals surface area contributed by atoms with Gasteiger partial charge in [-0.1, -0.05) is 30.7 Å². The zero-order valence-corrected chi connectivity index (χ0v) is 13.5. The molecule has 1 fully saturated rings. The van der Waals surface area contributed by atoms with E-state index >= 15 is 0 Å². The number of carbonyl (C=O) groups is 2. The van der Waals surface area contributed by atoms with Gasteiger partial charge in [-0.05, 0) is 18.6 Å². The van der Waals surface area contributed by atoms with Crippen molar-refractivity contribution in [1.29, 1.82) is 0 Å². The Hall–Kier alpha value is -1.20. The zero-order valence-electron chi connectivity index (χ0n) is 12.0. The summed E-state index contributed by atoms with van der Waals surface area (Å²) >= 11 is 7.65. The Labute approximate surface area is 134 Å². The lowest BCUT2D eigenvalue weighted by Gasteiger charge is -2.34. The molecule has 4 nitrogen and oxygen atoms in total. The van der Waals surface area contributed by atoms with Gasteiger partial charge >= 0.3 is 0 Å². The third-order valence-electron chi connectivity index (χ3n) is 3.45. The fourth-order valence-corrected chi connectivity index (χ4v) is 3.55. The largest absolute Gasteiger partial charge is 0.353 e. The molecular formula is C15H19ClN2O2S. The fourth-order valence-electron chi connectivity index (χ4n) is 2.37. The molecule has 1 N–H and O–H groups in total. The summed E-state index contributed by atoms with van der Waals surface area (Å²) in [5.74, 6) is 0.657. The van der Waals surface area contributed by atoms with E-state index in [0.717, 1.165) is 4.90 Å². The van der Waals surface area contributed by atoms with Crippen LogP contribution in [0, 0.1) is 0 Å². The third-order valence-corrected chi connectivity index (χ3v) is 4.96. The Morgan fingerprint density at radius 1 is 1.48 bits per heavy atom. The highest BCUT2D eigenvalue weighted by atomic mass is 35.5. The van der Waals surface area contributed by atoms with Gasteiger partial charge in [0, 0.05) is 30.2 Å². The number of hydrogen-bond acceptors (Lipinski definition) is 3. The molecule has 0 radical (unpaired) electrons. The van der Waals surface area contributed by atoms with Crippen LogP contribution < -0.4 is 5.32 Å². The molecule has 0 bridgehead atoms. The highest BCUT2D eigenvalue weighted by molar-refractivity contribution is 7.99. The summed E-state index contributed by atoms with van der Waals surface area (Å²) in [4.78, 5) is 26.7. The lowest BCUT2D eigenvalue weighted by atomic mass is 10.1. The molecule has 0 aliphatic carbocycles. The molecule has 0 aromatic heterocycles. The van der Waals surface area contributed by atoms with Crippen molar-refractivity contribution in [3.8, 4) is 0 Å². The van der Waals surface area contributed by atoms with Crippen LogP contribution in [0.5, 0.6) is 0 Å². The van der Waals surface area contributed by atoms with Crippen LogP contribution in [0.15, 0.2) is 29.2 Å². The van der Waals surface area contributed by atoms with Gasteiger partial charge in [0.25, 0.3) is 0 Å². The average molecular weight is 327 g/mol. The second-order valence-electron chi connectivity index (χ2n) is 4.83. The molecule has 1 aromatic carbocycles. The maximum atomic E-state index is 12.3. The van der Waals surface area contributed by atoms with Crippen LogP contribution in [0.4, 0.5) is 0 Å². The smallest absolute Gasteiger partial charge is 0.242 e. The first-order chi connectivity index (χ1) is 10.1. The zero-order chi connectivity index (χ0) is 15.2. The minimum absolute atomic E-state index is 0.0382. The summed E-state index contributed by atoms with van der Waals surface area (Å²) in [7, 11) is 0. The summed E-state index contributed by atoms with van der Waals surface area (Å²) in [6.07, 6.45) is 1.06. The molecular weight excluding hydrogens is 308 g/mol. The molecule has 1 heterocycles. The highest BCUT2D eigenvalue weighted by Crippen LogP contribution is 2.27. The van der Waals surface area contributed by atoms with Crippen molar-refractivity contribution in [2.45, 2.75) is 30.7 Å². The normalized spacial score (nSPS) is 18.5. The van der Waals surface area contributed by atoms with E-state index in [1.165, 1.54) is 0 Å². The van der Waals surface area contributed by atoms with Crippen LogP contribution in [0.2, 0.25) is 5.02 Å². The SMILES string of the molecule is CCC1C(=O)NCCN1C(=O)CCSc1ccccc1Cl. The highest BCUT2D eigenvalue weighted by Gasteiger charge is 2.30. The number of benzene rings is 1. The summed E-state index contributed by atoms with van der Waals surface area (Å²) in [5, 5.41) is 3.51. The van der Waals surface area contributed by atoms with Crippen molar-refractivity contribution < 1.29 is 9.59 Å². The molecule has 1 atom stereocenters. The van der Waals surface area contributed by atoms with Crippen LogP contribution in [-0.2, 0) is 9.59 Å². The topological polar surface area (TPSA) is 49.4 Å². The molecule has 6 heteroatoms. The number of nitrogens with zero attached hydrogens (tertiary/aromatic N) is 1. The van der Waals surface area contributed by atoms with Gasteiger partial charge in [0.05, 0.1) is 5.02 Å². The predicted molar refractivity (Wildman–Crippen MR) is 85.6 cm³/mol. The van der Waals surface area contributed by atoms with Gasteiger partial charge in [-0.25, -0.2) is 0 Å². The summed E-state index contributed by atoms with van der Waals surface area (Å²) < 4.78 is 0. The second kappa shape index (κ2) is 7.71. The number of nitrogens with one attached hydrogen (secondary N) is 1. The van der Waals surface area contributed by atoms with Gasteiger partial charge in [-0.3, -0.25) is 9.59 Å². The van der Waals surface area contributed by atoms with Crippen LogP contribution in [-0.4, -0.2) is 41.6 Å². The minimum Gasteiger partial charge on any atom is -0.353 e. The Bertz CT molecular complexity index is 524. The van der Waals surface area contributed by atoms with Gasteiger partial charge in [-0.15, -0.1) is 11.8 Å². The molecule has 2 amide bonds. The first-order valence-corrected chi connectivity index (χ1v) is 8.44.